The highest BCUT2D eigenvalue weighted by Crippen LogP contribution is 2.21. The van der Waals surface area contributed by atoms with Crippen molar-refractivity contribution in [3.63, 3.8) is 0 Å². The van der Waals surface area contributed by atoms with E-state index in [0.717, 1.165) is 0 Å². The lowest BCUT2D eigenvalue weighted by Gasteiger charge is -2.11. The van der Waals surface area contributed by atoms with E-state index >= 15 is 0 Å². The van der Waals surface area contributed by atoms with Crippen LogP contribution in [0.4, 0.5) is 4.39 Å². The molecule has 2 unspecified atom stereocenters. The van der Waals surface area contributed by atoms with Crippen molar-refractivity contribution in [1.82, 2.24) is 0 Å². The highest BCUT2D eigenvalue weighted by molar-refractivity contribution is 4.74. The Morgan fingerprint density at radius 3 is 2.44 bits per heavy atom. The van der Waals surface area contributed by atoms with E-state index in [-0.39, 0.29) is 6.10 Å². The van der Waals surface area contributed by atoms with Crippen molar-refractivity contribution >= 4 is 0 Å². The molecule has 0 aromatic heterocycles. The minimum absolute atomic E-state index is 0.167. The highest BCUT2D eigenvalue weighted by atomic mass is 19.1. The van der Waals surface area contributed by atoms with Crippen molar-refractivity contribution in [3.8, 4) is 0 Å². The van der Waals surface area contributed by atoms with Crippen molar-refractivity contribution in [3.05, 3.63) is 0 Å². The smallest absolute Gasteiger partial charge is 0.126 e. The molecule has 0 radical (unpaired) electrons. The lowest BCUT2D eigenvalue weighted by molar-refractivity contribution is 0.0713. The summed E-state index contributed by atoms with van der Waals surface area (Å²) in [4.78, 5) is 0. The summed E-state index contributed by atoms with van der Waals surface area (Å²) in [5.41, 5.74) is 0. The maximum absolute atomic E-state index is 12.4. The van der Waals surface area contributed by atoms with E-state index in [9.17, 15) is 4.39 Å². The zero-order valence-electron chi connectivity index (χ0n) is 5.93. The third-order valence-electron chi connectivity index (χ3n) is 1.72. The second kappa shape index (κ2) is 2.65. The summed E-state index contributed by atoms with van der Waals surface area (Å²) >= 11 is 0. The van der Waals surface area contributed by atoms with Gasteiger partial charge in [0.1, 0.15) is 6.17 Å². The predicted octanol–water partition coefficient (Wildman–Crippen LogP) is 1.77. The molecular weight excluding hydrogens is 119 g/mol. The molecular formula is C7H13FO. The van der Waals surface area contributed by atoms with Crippen molar-refractivity contribution in [2.75, 3.05) is 6.61 Å². The van der Waals surface area contributed by atoms with Gasteiger partial charge in [-0.3, -0.25) is 0 Å². The van der Waals surface area contributed by atoms with Crippen LogP contribution in [0.1, 0.15) is 20.3 Å². The summed E-state index contributed by atoms with van der Waals surface area (Å²) < 4.78 is 17.6. The van der Waals surface area contributed by atoms with E-state index in [2.05, 4.69) is 13.8 Å². The zero-order valence-corrected chi connectivity index (χ0v) is 5.93. The molecule has 54 valence electrons. The minimum Gasteiger partial charge on any atom is -0.375 e. The van der Waals surface area contributed by atoms with E-state index in [1.807, 2.05) is 0 Å². The van der Waals surface area contributed by atoms with Crippen molar-refractivity contribution in [1.29, 1.82) is 0 Å². The fraction of sp³-hybridized carbons (Fsp3) is 1.00. The van der Waals surface area contributed by atoms with E-state index in [1.165, 1.54) is 0 Å². The second-order valence-electron chi connectivity index (χ2n) is 2.95. The Morgan fingerprint density at radius 1 is 1.56 bits per heavy atom. The molecule has 0 saturated carbocycles. The fourth-order valence-electron chi connectivity index (χ4n) is 1.08. The summed E-state index contributed by atoms with van der Waals surface area (Å²) in [5.74, 6) is 0.464. The van der Waals surface area contributed by atoms with Crippen LogP contribution in [0, 0.1) is 5.92 Å². The zero-order chi connectivity index (χ0) is 6.85. The van der Waals surface area contributed by atoms with E-state index in [0.29, 0.717) is 18.9 Å². The number of hydrogen-bond acceptors (Lipinski definition) is 1. The average Bonchev–Trinajstić information content (AvgIpc) is 2.14. The van der Waals surface area contributed by atoms with Gasteiger partial charge in [0.25, 0.3) is 0 Å². The van der Waals surface area contributed by atoms with Crippen molar-refractivity contribution in [2.24, 2.45) is 5.92 Å². The van der Waals surface area contributed by atoms with Gasteiger partial charge < -0.3 is 4.74 Å². The molecule has 1 aliphatic rings. The van der Waals surface area contributed by atoms with Crippen LogP contribution in [0.15, 0.2) is 0 Å². The molecule has 0 aromatic carbocycles. The molecule has 9 heavy (non-hydrogen) atoms. The molecule has 1 rings (SSSR count). The molecule has 1 saturated heterocycles. The Balaban J connectivity index is 2.30. The van der Waals surface area contributed by atoms with Gasteiger partial charge in [0, 0.05) is 6.42 Å². The first-order valence-electron chi connectivity index (χ1n) is 3.46. The summed E-state index contributed by atoms with van der Waals surface area (Å²) in [6, 6.07) is 0. The Bertz CT molecular complexity index is 92.9. The predicted molar refractivity (Wildman–Crippen MR) is 34.1 cm³/mol. The topological polar surface area (TPSA) is 9.23 Å². The summed E-state index contributed by atoms with van der Waals surface area (Å²) in [5, 5.41) is 0. The third kappa shape index (κ3) is 1.65. The van der Waals surface area contributed by atoms with Gasteiger partial charge in [0.2, 0.25) is 0 Å². The van der Waals surface area contributed by atoms with Crippen LogP contribution in [0.5, 0.6) is 0 Å². The standard InChI is InChI=1S/C7H13FO/c1-5(2)7-3-6(8)4-9-7/h5-7H,3-4H2,1-2H3. The van der Waals surface area contributed by atoms with Crippen LogP contribution in [-0.4, -0.2) is 18.9 Å². The molecule has 0 spiro atoms. The maximum atomic E-state index is 12.4. The molecule has 0 aliphatic carbocycles. The number of alkyl halides is 1. The van der Waals surface area contributed by atoms with Gasteiger partial charge in [-0.25, -0.2) is 4.39 Å². The summed E-state index contributed by atoms with van der Waals surface area (Å²) in [6.07, 6.45) is 0.0508. The molecule has 2 heteroatoms. The normalized spacial score (nSPS) is 36.0. The van der Waals surface area contributed by atoms with Crippen molar-refractivity contribution in [2.45, 2.75) is 32.5 Å². The van der Waals surface area contributed by atoms with Gasteiger partial charge in [0.05, 0.1) is 12.7 Å². The molecule has 1 heterocycles. The first-order valence-corrected chi connectivity index (χ1v) is 3.46. The molecule has 1 fully saturated rings. The molecule has 2 atom stereocenters. The lowest BCUT2D eigenvalue weighted by atomic mass is 10.0. The Kier molecular flexibility index (Phi) is 2.06. The number of hydrogen-bond donors (Lipinski definition) is 0. The van der Waals surface area contributed by atoms with Crippen LogP contribution in [0.25, 0.3) is 0 Å². The van der Waals surface area contributed by atoms with Crippen LogP contribution in [0.3, 0.4) is 0 Å². The van der Waals surface area contributed by atoms with Gasteiger partial charge in [-0.15, -0.1) is 0 Å². The molecule has 0 N–H and O–H groups in total. The van der Waals surface area contributed by atoms with Gasteiger partial charge in [0.15, 0.2) is 0 Å². The van der Waals surface area contributed by atoms with Gasteiger partial charge in [-0.05, 0) is 5.92 Å². The Morgan fingerprint density at radius 2 is 2.22 bits per heavy atom. The van der Waals surface area contributed by atoms with Crippen LogP contribution < -0.4 is 0 Å². The van der Waals surface area contributed by atoms with E-state index in [4.69, 9.17) is 4.74 Å². The van der Waals surface area contributed by atoms with Crippen LogP contribution in [0.2, 0.25) is 0 Å². The summed E-state index contributed by atoms with van der Waals surface area (Å²) in [6.45, 7) is 4.42. The molecule has 0 aromatic rings. The van der Waals surface area contributed by atoms with Crippen molar-refractivity contribution < 1.29 is 9.13 Å². The minimum atomic E-state index is -0.711. The largest absolute Gasteiger partial charge is 0.375 e. The summed E-state index contributed by atoms with van der Waals surface area (Å²) in [7, 11) is 0. The Hall–Kier alpha value is -0.110. The van der Waals surface area contributed by atoms with Gasteiger partial charge in [-0.1, -0.05) is 13.8 Å². The third-order valence-corrected chi connectivity index (χ3v) is 1.72. The van der Waals surface area contributed by atoms with Crippen LogP contribution in [-0.2, 0) is 4.74 Å². The fourth-order valence-corrected chi connectivity index (χ4v) is 1.08. The molecule has 1 nitrogen and oxygen atoms in total. The average molecular weight is 132 g/mol. The van der Waals surface area contributed by atoms with E-state index < -0.39 is 6.17 Å². The highest BCUT2D eigenvalue weighted by Gasteiger charge is 2.26. The number of ether oxygens (including phenoxy) is 1. The van der Waals surface area contributed by atoms with E-state index in [1.54, 1.807) is 0 Å². The quantitative estimate of drug-likeness (QED) is 0.528. The molecule has 1 aliphatic heterocycles. The monoisotopic (exact) mass is 132 g/mol. The Labute approximate surface area is 55.2 Å². The number of halogens is 1. The first-order chi connectivity index (χ1) is 4.20. The van der Waals surface area contributed by atoms with Gasteiger partial charge in [-0.2, -0.15) is 0 Å². The van der Waals surface area contributed by atoms with Gasteiger partial charge >= 0.3 is 0 Å². The SMILES string of the molecule is CC(C)C1CC(F)CO1. The maximum Gasteiger partial charge on any atom is 0.126 e. The molecule has 0 amide bonds. The first kappa shape index (κ1) is 7.00. The lowest BCUT2D eigenvalue weighted by Crippen LogP contribution is -2.12. The van der Waals surface area contributed by atoms with Crippen LogP contribution >= 0.6 is 0 Å². The number of rotatable bonds is 1. The second-order valence-corrected chi connectivity index (χ2v) is 2.95. The molecule has 0 bridgehead atoms.